The molecule has 0 radical (unpaired) electrons. The van der Waals surface area contributed by atoms with Gasteiger partial charge in [-0.05, 0) is 67.1 Å². The average Bonchev–Trinajstić information content (AvgIpc) is 3.49. The van der Waals surface area contributed by atoms with E-state index in [0.717, 1.165) is 22.9 Å². The Kier molecular flexibility index (Phi) is 6.14. The van der Waals surface area contributed by atoms with Gasteiger partial charge < -0.3 is 26.3 Å². The highest BCUT2D eigenvalue weighted by Crippen LogP contribution is 2.36. The molecule has 0 aliphatic carbocycles. The van der Waals surface area contributed by atoms with E-state index in [2.05, 4.69) is 20.9 Å². The minimum absolute atomic E-state index is 0.207. The maximum absolute atomic E-state index is 13.9. The van der Waals surface area contributed by atoms with E-state index in [-0.39, 0.29) is 5.91 Å². The smallest absolute Gasteiger partial charge is 0.323 e. The first kappa shape index (κ1) is 23.7. The van der Waals surface area contributed by atoms with Crippen molar-refractivity contribution in [2.45, 2.75) is 6.92 Å². The summed E-state index contributed by atoms with van der Waals surface area (Å²) in [4.78, 5) is 27.9. The standard InChI is InChI=1S/C27H20F3N5O2/c1-14-4-5-17(33-27(37)35-25-21(29)9-8-20(28)24(25)30)12-22(14)32-16-6-7-18-19(11-15-3-2-10-31-15)26(36)34-23(18)13-16/h2-13,31-32H,1H3,(H,34,36)(H2,33,35,37). The number of anilines is 5. The predicted octanol–water partition coefficient (Wildman–Crippen LogP) is 6.62. The summed E-state index contributed by atoms with van der Waals surface area (Å²) in [6.45, 7) is 1.86. The Morgan fingerprint density at radius 3 is 2.49 bits per heavy atom. The Morgan fingerprint density at radius 1 is 0.919 bits per heavy atom. The summed E-state index contributed by atoms with van der Waals surface area (Å²) in [7, 11) is 0. The molecule has 0 atom stereocenters. The molecule has 186 valence electrons. The van der Waals surface area contributed by atoms with E-state index >= 15 is 0 Å². The highest BCUT2D eigenvalue weighted by molar-refractivity contribution is 6.35. The second-order valence-corrected chi connectivity index (χ2v) is 8.35. The summed E-state index contributed by atoms with van der Waals surface area (Å²) < 4.78 is 41.1. The van der Waals surface area contributed by atoms with E-state index < -0.39 is 29.2 Å². The maximum atomic E-state index is 13.9. The molecular weight excluding hydrogens is 483 g/mol. The number of nitrogens with one attached hydrogen (secondary N) is 5. The Balaban J connectivity index is 1.33. The zero-order chi connectivity index (χ0) is 26.1. The fourth-order valence-corrected chi connectivity index (χ4v) is 3.91. The number of amides is 3. The molecule has 1 aliphatic heterocycles. The van der Waals surface area contributed by atoms with E-state index in [0.29, 0.717) is 34.4 Å². The minimum Gasteiger partial charge on any atom is -0.362 e. The van der Waals surface area contributed by atoms with Gasteiger partial charge in [0.05, 0.1) is 11.3 Å². The molecule has 0 saturated carbocycles. The molecule has 1 aromatic heterocycles. The molecule has 2 heterocycles. The summed E-state index contributed by atoms with van der Waals surface area (Å²) in [5.41, 5.74) is 4.41. The Hall–Kier alpha value is -4.99. The minimum atomic E-state index is -1.49. The van der Waals surface area contributed by atoms with Gasteiger partial charge in [0.2, 0.25) is 0 Å². The third-order valence-corrected chi connectivity index (χ3v) is 5.78. The van der Waals surface area contributed by atoms with Crippen molar-refractivity contribution in [3.63, 3.8) is 0 Å². The van der Waals surface area contributed by atoms with Crippen LogP contribution in [0.5, 0.6) is 0 Å². The summed E-state index contributed by atoms with van der Waals surface area (Å²) in [6.07, 6.45) is 3.56. The maximum Gasteiger partial charge on any atom is 0.323 e. The number of aryl methyl sites for hydroxylation is 1. The number of hydrogen-bond acceptors (Lipinski definition) is 3. The summed E-state index contributed by atoms with van der Waals surface area (Å²) in [5, 5.41) is 10.6. The lowest BCUT2D eigenvalue weighted by atomic mass is 10.1. The van der Waals surface area contributed by atoms with Crippen LogP contribution in [0.2, 0.25) is 0 Å². The highest BCUT2D eigenvalue weighted by Gasteiger charge is 2.24. The molecule has 0 fully saturated rings. The summed E-state index contributed by atoms with van der Waals surface area (Å²) in [5.74, 6) is -4.08. The van der Waals surface area contributed by atoms with Crippen LogP contribution in [0, 0.1) is 24.4 Å². The van der Waals surface area contributed by atoms with Gasteiger partial charge in [0, 0.05) is 34.5 Å². The van der Waals surface area contributed by atoms with Gasteiger partial charge in [0.15, 0.2) is 11.6 Å². The predicted molar refractivity (Wildman–Crippen MR) is 137 cm³/mol. The van der Waals surface area contributed by atoms with Crippen molar-refractivity contribution in [1.29, 1.82) is 0 Å². The second kappa shape index (κ2) is 9.57. The fraction of sp³-hybridized carbons (Fsp3) is 0.0370. The molecule has 37 heavy (non-hydrogen) atoms. The van der Waals surface area contributed by atoms with Crippen LogP contribution in [0.1, 0.15) is 16.8 Å². The van der Waals surface area contributed by atoms with E-state index in [1.165, 1.54) is 0 Å². The number of aromatic nitrogens is 1. The molecule has 1 aliphatic rings. The fourth-order valence-electron chi connectivity index (χ4n) is 3.91. The number of carbonyl (C=O) groups is 2. The van der Waals surface area contributed by atoms with Crippen LogP contribution in [0.4, 0.5) is 46.4 Å². The van der Waals surface area contributed by atoms with Crippen molar-refractivity contribution >= 4 is 52.0 Å². The van der Waals surface area contributed by atoms with Crippen molar-refractivity contribution in [1.82, 2.24) is 4.98 Å². The van der Waals surface area contributed by atoms with Gasteiger partial charge in [-0.25, -0.2) is 18.0 Å². The molecule has 0 unspecified atom stereocenters. The van der Waals surface area contributed by atoms with Crippen molar-refractivity contribution in [2.75, 3.05) is 21.3 Å². The van der Waals surface area contributed by atoms with E-state index in [1.54, 1.807) is 36.5 Å². The van der Waals surface area contributed by atoms with E-state index in [4.69, 9.17) is 0 Å². The topological polar surface area (TPSA) is 98.0 Å². The van der Waals surface area contributed by atoms with Crippen LogP contribution in [0.15, 0.2) is 66.9 Å². The van der Waals surface area contributed by atoms with Crippen LogP contribution >= 0.6 is 0 Å². The lowest BCUT2D eigenvalue weighted by Gasteiger charge is -2.14. The molecule has 5 N–H and O–H groups in total. The van der Waals surface area contributed by atoms with Gasteiger partial charge >= 0.3 is 6.03 Å². The number of carbonyl (C=O) groups excluding carboxylic acids is 2. The van der Waals surface area contributed by atoms with Crippen LogP contribution in [0.25, 0.3) is 11.6 Å². The molecular formula is C27H20F3N5O2. The quantitative estimate of drug-likeness (QED) is 0.156. The Bertz CT molecular complexity index is 1560. The van der Waals surface area contributed by atoms with Crippen molar-refractivity contribution in [3.05, 3.63) is 101 Å². The number of aromatic amines is 1. The van der Waals surface area contributed by atoms with Crippen molar-refractivity contribution < 1.29 is 22.8 Å². The Morgan fingerprint density at radius 2 is 1.70 bits per heavy atom. The third kappa shape index (κ3) is 4.90. The number of H-pyrrole nitrogens is 1. The van der Waals surface area contributed by atoms with Crippen LogP contribution in [-0.4, -0.2) is 16.9 Å². The molecule has 0 saturated heterocycles. The van der Waals surface area contributed by atoms with Crippen LogP contribution in [-0.2, 0) is 4.79 Å². The number of fused-ring (bicyclic) bond motifs is 1. The average molecular weight is 503 g/mol. The number of benzene rings is 3. The first-order chi connectivity index (χ1) is 17.8. The number of urea groups is 1. The van der Waals surface area contributed by atoms with Crippen molar-refractivity contribution in [2.24, 2.45) is 0 Å². The monoisotopic (exact) mass is 503 g/mol. The lowest BCUT2D eigenvalue weighted by molar-refractivity contribution is -0.110. The van der Waals surface area contributed by atoms with Crippen LogP contribution in [0.3, 0.4) is 0 Å². The molecule has 4 aromatic rings. The molecule has 0 bridgehead atoms. The SMILES string of the molecule is Cc1ccc(NC(=O)Nc2c(F)ccc(F)c2F)cc1Nc1ccc2c(c1)NC(=O)C2=Cc1ccc[nH]1. The largest absolute Gasteiger partial charge is 0.362 e. The van der Waals surface area contributed by atoms with Gasteiger partial charge in [-0.3, -0.25) is 4.79 Å². The van der Waals surface area contributed by atoms with E-state index in [9.17, 15) is 22.8 Å². The summed E-state index contributed by atoms with van der Waals surface area (Å²) in [6, 6.07) is 14.6. The highest BCUT2D eigenvalue weighted by atomic mass is 19.2. The molecule has 5 rings (SSSR count). The first-order valence-corrected chi connectivity index (χ1v) is 11.2. The zero-order valence-electron chi connectivity index (χ0n) is 19.4. The normalized spacial score (nSPS) is 13.3. The molecule has 3 amide bonds. The van der Waals surface area contributed by atoms with Gasteiger partial charge in [-0.1, -0.05) is 12.1 Å². The van der Waals surface area contributed by atoms with Gasteiger partial charge in [-0.2, -0.15) is 0 Å². The van der Waals surface area contributed by atoms with Gasteiger partial charge in [-0.15, -0.1) is 0 Å². The molecule has 10 heteroatoms. The molecule has 7 nitrogen and oxygen atoms in total. The lowest BCUT2D eigenvalue weighted by Crippen LogP contribution is -2.21. The molecule has 3 aromatic carbocycles. The van der Waals surface area contributed by atoms with E-state index in [1.807, 2.05) is 36.5 Å². The first-order valence-electron chi connectivity index (χ1n) is 11.2. The molecule has 0 spiro atoms. The van der Waals surface area contributed by atoms with Gasteiger partial charge in [0.1, 0.15) is 11.5 Å². The van der Waals surface area contributed by atoms with Crippen molar-refractivity contribution in [3.8, 4) is 0 Å². The third-order valence-electron chi connectivity index (χ3n) is 5.78. The number of rotatable bonds is 5. The number of hydrogen-bond donors (Lipinski definition) is 5. The van der Waals surface area contributed by atoms with Gasteiger partial charge in [0.25, 0.3) is 5.91 Å². The Labute approximate surface area is 209 Å². The zero-order valence-corrected chi connectivity index (χ0v) is 19.4. The van der Waals surface area contributed by atoms with Crippen LogP contribution < -0.4 is 21.3 Å². The summed E-state index contributed by atoms with van der Waals surface area (Å²) >= 11 is 0. The second-order valence-electron chi connectivity index (χ2n) is 8.35. The number of halogens is 3.